The van der Waals surface area contributed by atoms with Gasteiger partial charge in [0, 0.05) is 5.56 Å². The number of carbonyl (C=O) groups excluding carboxylic acids is 1. The third-order valence-corrected chi connectivity index (χ3v) is 2.14. The maximum Gasteiger partial charge on any atom is 0.416 e. The first-order valence-electron chi connectivity index (χ1n) is 5.38. The number of amides is 1. The van der Waals surface area contributed by atoms with E-state index in [2.05, 4.69) is 0 Å². The SMILES string of the molecule is NC(=O)c1cccc(C(F)(F)F)c1.c1ccccc1. The zero-order valence-electron chi connectivity index (χ0n) is 9.89. The van der Waals surface area contributed by atoms with Crippen LogP contribution in [0.3, 0.4) is 0 Å². The summed E-state index contributed by atoms with van der Waals surface area (Å²) < 4.78 is 36.2. The first-order valence-corrected chi connectivity index (χ1v) is 5.38. The van der Waals surface area contributed by atoms with Gasteiger partial charge in [-0.2, -0.15) is 13.2 Å². The molecule has 2 nitrogen and oxygen atoms in total. The summed E-state index contributed by atoms with van der Waals surface area (Å²) in [5, 5.41) is 0. The highest BCUT2D eigenvalue weighted by Gasteiger charge is 2.30. The van der Waals surface area contributed by atoms with Gasteiger partial charge in [0.25, 0.3) is 0 Å². The molecular weight excluding hydrogens is 255 g/mol. The van der Waals surface area contributed by atoms with Crippen molar-refractivity contribution in [2.75, 3.05) is 0 Å². The van der Waals surface area contributed by atoms with Crippen molar-refractivity contribution in [3.63, 3.8) is 0 Å². The van der Waals surface area contributed by atoms with E-state index >= 15 is 0 Å². The molecule has 19 heavy (non-hydrogen) atoms. The summed E-state index contributed by atoms with van der Waals surface area (Å²) in [6, 6.07) is 16.0. The van der Waals surface area contributed by atoms with Crippen LogP contribution in [0.2, 0.25) is 0 Å². The van der Waals surface area contributed by atoms with E-state index in [1.165, 1.54) is 6.07 Å². The zero-order chi connectivity index (χ0) is 14.3. The van der Waals surface area contributed by atoms with Crippen molar-refractivity contribution in [1.29, 1.82) is 0 Å². The molecule has 0 saturated heterocycles. The number of halogens is 3. The summed E-state index contributed by atoms with van der Waals surface area (Å²) in [4.78, 5) is 10.5. The molecule has 2 N–H and O–H groups in total. The Kier molecular flexibility index (Phi) is 5.11. The summed E-state index contributed by atoms with van der Waals surface area (Å²) in [6.07, 6.45) is -4.44. The molecule has 0 saturated carbocycles. The molecule has 0 spiro atoms. The molecule has 0 heterocycles. The number of hydrogen-bond acceptors (Lipinski definition) is 1. The van der Waals surface area contributed by atoms with Crippen LogP contribution in [0.25, 0.3) is 0 Å². The lowest BCUT2D eigenvalue weighted by Crippen LogP contribution is -2.13. The van der Waals surface area contributed by atoms with Crippen molar-refractivity contribution in [3.8, 4) is 0 Å². The molecule has 0 aliphatic carbocycles. The average Bonchev–Trinajstić information content (AvgIpc) is 2.40. The van der Waals surface area contributed by atoms with Crippen LogP contribution in [-0.4, -0.2) is 5.91 Å². The third kappa shape index (κ3) is 5.25. The van der Waals surface area contributed by atoms with E-state index in [9.17, 15) is 18.0 Å². The molecule has 0 atom stereocenters. The van der Waals surface area contributed by atoms with Crippen LogP contribution in [0, 0.1) is 0 Å². The number of nitrogens with two attached hydrogens (primary N) is 1. The molecule has 0 aliphatic rings. The lowest BCUT2D eigenvalue weighted by Gasteiger charge is -2.06. The molecule has 0 aromatic heterocycles. The highest BCUT2D eigenvalue weighted by Crippen LogP contribution is 2.29. The monoisotopic (exact) mass is 267 g/mol. The first-order chi connectivity index (χ1) is 8.91. The summed E-state index contributed by atoms with van der Waals surface area (Å²) in [7, 11) is 0. The zero-order valence-corrected chi connectivity index (χ0v) is 9.89. The second kappa shape index (κ2) is 6.58. The van der Waals surface area contributed by atoms with Crippen LogP contribution in [0.15, 0.2) is 60.7 Å². The quantitative estimate of drug-likeness (QED) is 0.844. The average molecular weight is 267 g/mol. The highest BCUT2D eigenvalue weighted by molar-refractivity contribution is 5.92. The van der Waals surface area contributed by atoms with Gasteiger partial charge in [0.2, 0.25) is 5.91 Å². The Morgan fingerprint density at radius 3 is 1.74 bits per heavy atom. The van der Waals surface area contributed by atoms with Gasteiger partial charge in [-0.3, -0.25) is 4.79 Å². The van der Waals surface area contributed by atoms with Gasteiger partial charge in [-0.15, -0.1) is 0 Å². The number of benzene rings is 2. The number of rotatable bonds is 1. The smallest absolute Gasteiger partial charge is 0.366 e. The standard InChI is InChI=1S/C8H6F3NO.C6H6/c9-8(10,11)6-3-1-2-5(4-6)7(12)13;1-2-4-6-5-3-1/h1-4H,(H2,12,13);1-6H. The summed E-state index contributed by atoms with van der Waals surface area (Å²) in [6.45, 7) is 0. The molecule has 100 valence electrons. The fraction of sp³-hybridized carbons (Fsp3) is 0.0714. The Labute approximate surface area is 108 Å². The predicted molar refractivity (Wildman–Crippen MR) is 66.4 cm³/mol. The molecule has 2 aromatic rings. The van der Waals surface area contributed by atoms with Gasteiger partial charge < -0.3 is 5.73 Å². The molecule has 0 fully saturated rings. The number of carbonyl (C=O) groups is 1. The minimum Gasteiger partial charge on any atom is -0.366 e. The van der Waals surface area contributed by atoms with Crippen molar-refractivity contribution in [2.24, 2.45) is 5.73 Å². The van der Waals surface area contributed by atoms with Crippen molar-refractivity contribution in [1.82, 2.24) is 0 Å². The number of primary amides is 1. The van der Waals surface area contributed by atoms with Gasteiger partial charge in [-0.25, -0.2) is 0 Å². The normalized spacial score (nSPS) is 10.3. The fourth-order valence-corrected chi connectivity index (χ4v) is 1.23. The Balaban J connectivity index is 0.000000250. The maximum atomic E-state index is 12.1. The van der Waals surface area contributed by atoms with E-state index in [-0.39, 0.29) is 5.56 Å². The second-order valence-electron chi connectivity index (χ2n) is 3.60. The van der Waals surface area contributed by atoms with Crippen molar-refractivity contribution < 1.29 is 18.0 Å². The molecule has 0 aliphatic heterocycles. The van der Waals surface area contributed by atoms with Crippen LogP contribution >= 0.6 is 0 Å². The van der Waals surface area contributed by atoms with Gasteiger partial charge >= 0.3 is 6.18 Å². The fourth-order valence-electron chi connectivity index (χ4n) is 1.23. The Bertz CT molecular complexity index is 497. The van der Waals surface area contributed by atoms with Gasteiger partial charge in [-0.1, -0.05) is 42.5 Å². The maximum absolute atomic E-state index is 12.1. The minimum atomic E-state index is -4.44. The van der Waals surface area contributed by atoms with Crippen LogP contribution in [0.5, 0.6) is 0 Å². The van der Waals surface area contributed by atoms with Crippen molar-refractivity contribution >= 4 is 5.91 Å². The van der Waals surface area contributed by atoms with Gasteiger partial charge in [0.1, 0.15) is 0 Å². The van der Waals surface area contributed by atoms with Crippen molar-refractivity contribution in [2.45, 2.75) is 6.18 Å². The van der Waals surface area contributed by atoms with Gasteiger partial charge in [0.05, 0.1) is 5.56 Å². The van der Waals surface area contributed by atoms with E-state index in [1.54, 1.807) is 0 Å². The van der Waals surface area contributed by atoms with E-state index in [4.69, 9.17) is 5.73 Å². The van der Waals surface area contributed by atoms with Crippen LogP contribution in [0.4, 0.5) is 13.2 Å². The van der Waals surface area contributed by atoms with E-state index in [0.29, 0.717) is 0 Å². The van der Waals surface area contributed by atoms with Gasteiger partial charge in [0.15, 0.2) is 0 Å². The Hall–Kier alpha value is -2.30. The molecule has 5 heteroatoms. The molecule has 2 rings (SSSR count). The molecule has 0 radical (unpaired) electrons. The molecule has 0 unspecified atom stereocenters. The lowest BCUT2D eigenvalue weighted by molar-refractivity contribution is -0.137. The Morgan fingerprint density at radius 1 is 0.895 bits per heavy atom. The van der Waals surface area contributed by atoms with E-state index in [1.807, 2.05) is 36.4 Å². The molecule has 0 bridgehead atoms. The molecular formula is C14H12F3NO. The topological polar surface area (TPSA) is 43.1 Å². The van der Waals surface area contributed by atoms with Crippen molar-refractivity contribution in [3.05, 3.63) is 71.8 Å². The van der Waals surface area contributed by atoms with Gasteiger partial charge in [-0.05, 0) is 18.2 Å². The second-order valence-corrected chi connectivity index (χ2v) is 3.60. The number of hydrogen-bond donors (Lipinski definition) is 1. The first kappa shape index (κ1) is 14.8. The minimum absolute atomic E-state index is 0.144. The summed E-state index contributed by atoms with van der Waals surface area (Å²) in [5.41, 5.74) is 3.80. The molecule has 1 amide bonds. The summed E-state index contributed by atoms with van der Waals surface area (Å²) >= 11 is 0. The number of alkyl halides is 3. The summed E-state index contributed by atoms with van der Waals surface area (Å²) in [5.74, 6) is -0.869. The van der Waals surface area contributed by atoms with Crippen LogP contribution in [-0.2, 0) is 6.18 Å². The molecule has 2 aromatic carbocycles. The van der Waals surface area contributed by atoms with Crippen LogP contribution < -0.4 is 5.73 Å². The largest absolute Gasteiger partial charge is 0.416 e. The Morgan fingerprint density at radius 2 is 1.37 bits per heavy atom. The highest BCUT2D eigenvalue weighted by atomic mass is 19.4. The van der Waals surface area contributed by atoms with E-state index in [0.717, 1.165) is 18.2 Å². The van der Waals surface area contributed by atoms with Crippen LogP contribution in [0.1, 0.15) is 15.9 Å². The predicted octanol–water partition coefficient (Wildman–Crippen LogP) is 3.49. The van der Waals surface area contributed by atoms with E-state index < -0.39 is 17.6 Å². The third-order valence-electron chi connectivity index (χ3n) is 2.14. The lowest BCUT2D eigenvalue weighted by atomic mass is 10.1.